The molecule has 1 aliphatic rings. The van der Waals surface area contributed by atoms with Crippen LogP contribution in [-0.2, 0) is 16.4 Å². The van der Waals surface area contributed by atoms with Crippen LogP contribution < -0.4 is 9.64 Å². The molecule has 11 nitrogen and oxygen atoms in total. The zero-order valence-corrected chi connectivity index (χ0v) is 20.9. The lowest BCUT2D eigenvalue weighted by atomic mass is 10.1. The maximum atomic E-state index is 14.8. The van der Waals surface area contributed by atoms with E-state index in [4.69, 9.17) is 4.74 Å². The molecule has 36 heavy (non-hydrogen) atoms. The van der Waals surface area contributed by atoms with Crippen molar-refractivity contribution in [1.82, 2.24) is 29.4 Å². The first-order valence-corrected chi connectivity index (χ1v) is 12.9. The number of rotatable bonds is 5. The van der Waals surface area contributed by atoms with E-state index in [2.05, 4.69) is 20.2 Å². The van der Waals surface area contributed by atoms with Gasteiger partial charge in [0.1, 0.15) is 5.25 Å². The van der Waals surface area contributed by atoms with Crippen molar-refractivity contribution in [3.63, 3.8) is 0 Å². The van der Waals surface area contributed by atoms with Gasteiger partial charge in [-0.05, 0) is 26.8 Å². The summed E-state index contributed by atoms with van der Waals surface area (Å²) in [6, 6.07) is 2.35. The Kier molecular flexibility index (Phi) is 5.63. The van der Waals surface area contributed by atoms with Crippen molar-refractivity contribution < 1.29 is 27.0 Å². The van der Waals surface area contributed by atoms with Crippen LogP contribution in [0.4, 0.5) is 14.5 Å². The lowest BCUT2D eigenvalue weighted by molar-refractivity contribution is 0.0571. The van der Waals surface area contributed by atoms with Gasteiger partial charge in [0.15, 0.2) is 32.9 Å². The molecule has 14 heteroatoms. The number of aliphatic hydroxyl groups is 1. The molecule has 0 bridgehead atoms. The van der Waals surface area contributed by atoms with Crippen LogP contribution in [0.5, 0.6) is 5.75 Å². The van der Waals surface area contributed by atoms with Gasteiger partial charge < -0.3 is 14.7 Å². The van der Waals surface area contributed by atoms with Gasteiger partial charge in [-0.2, -0.15) is 14.0 Å². The third kappa shape index (κ3) is 4.13. The Morgan fingerprint density at radius 2 is 2.00 bits per heavy atom. The number of benzene rings is 1. The molecular formula is C22H25F2N7O4S. The lowest BCUT2D eigenvalue weighted by Crippen LogP contribution is -2.43. The van der Waals surface area contributed by atoms with Crippen LogP contribution >= 0.6 is 0 Å². The van der Waals surface area contributed by atoms with Crippen molar-refractivity contribution in [2.45, 2.75) is 38.2 Å². The summed E-state index contributed by atoms with van der Waals surface area (Å²) in [6.45, 7) is 5.70. The zero-order valence-electron chi connectivity index (χ0n) is 20.1. The molecule has 1 fully saturated rings. The number of nitrogens with zero attached hydrogens (tertiary/aromatic N) is 7. The second-order valence-electron chi connectivity index (χ2n) is 9.48. The van der Waals surface area contributed by atoms with Gasteiger partial charge >= 0.3 is 6.08 Å². The normalized spacial score (nSPS) is 18.3. The number of hydrogen-bond acceptors (Lipinski definition) is 9. The fourth-order valence-electron chi connectivity index (χ4n) is 4.40. The van der Waals surface area contributed by atoms with Crippen molar-refractivity contribution in [2.75, 3.05) is 30.9 Å². The molecule has 0 spiro atoms. The third-order valence-electron chi connectivity index (χ3n) is 6.23. The van der Waals surface area contributed by atoms with Crippen molar-refractivity contribution in [2.24, 2.45) is 0 Å². The lowest BCUT2D eigenvalue weighted by Gasteiger charge is -2.32. The van der Waals surface area contributed by atoms with Crippen molar-refractivity contribution in [1.29, 1.82) is 0 Å². The van der Waals surface area contributed by atoms with E-state index in [1.165, 1.54) is 13.2 Å². The highest BCUT2D eigenvalue weighted by atomic mass is 32.2. The highest BCUT2D eigenvalue weighted by molar-refractivity contribution is 7.91. The molecular weight excluding hydrogens is 496 g/mol. The summed E-state index contributed by atoms with van der Waals surface area (Å²) >= 11 is 0. The number of hydrogen-bond donors (Lipinski definition) is 1. The van der Waals surface area contributed by atoms with Crippen molar-refractivity contribution in [3.05, 3.63) is 41.7 Å². The second-order valence-corrected chi connectivity index (χ2v) is 11.8. The van der Waals surface area contributed by atoms with Crippen molar-refractivity contribution >= 4 is 32.1 Å². The summed E-state index contributed by atoms with van der Waals surface area (Å²) < 4.78 is 62.6. The predicted molar refractivity (Wildman–Crippen MR) is 127 cm³/mol. The first kappa shape index (κ1) is 24.3. The largest absolute Gasteiger partial charge is 0.494 e. The van der Waals surface area contributed by atoms with Crippen molar-refractivity contribution in [3.8, 4) is 5.75 Å². The van der Waals surface area contributed by atoms with Crippen LogP contribution in [0.3, 0.4) is 0 Å². The highest BCUT2D eigenvalue weighted by Crippen LogP contribution is 2.33. The van der Waals surface area contributed by atoms with E-state index in [1.807, 2.05) is 11.8 Å². The molecule has 5 rings (SSSR count). The van der Waals surface area contributed by atoms with Gasteiger partial charge in [0.2, 0.25) is 0 Å². The van der Waals surface area contributed by atoms with Crippen LogP contribution in [-0.4, -0.2) is 74.4 Å². The van der Waals surface area contributed by atoms with E-state index in [1.54, 1.807) is 24.7 Å². The first-order chi connectivity index (χ1) is 16.9. The Balaban J connectivity index is 1.56. The van der Waals surface area contributed by atoms with Crippen LogP contribution in [0.15, 0.2) is 18.3 Å². The Morgan fingerprint density at radius 3 is 2.69 bits per heavy atom. The topological polar surface area (TPSA) is 128 Å². The number of halogens is 2. The van der Waals surface area contributed by atoms with Crippen LogP contribution in [0.25, 0.3) is 16.6 Å². The molecule has 0 saturated carbocycles. The van der Waals surface area contributed by atoms with Gasteiger partial charge in [0.05, 0.1) is 48.1 Å². The van der Waals surface area contributed by atoms with Gasteiger partial charge in [0, 0.05) is 24.5 Å². The molecule has 1 aromatic carbocycles. The molecule has 0 aliphatic carbocycles. The van der Waals surface area contributed by atoms with E-state index < -0.39 is 32.6 Å². The van der Waals surface area contributed by atoms with Gasteiger partial charge in [0.25, 0.3) is 0 Å². The fourth-order valence-corrected chi connectivity index (χ4v) is 5.99. The number of aromatic nitrogens is 6. The second kappa shape index (κ2) is 8.34. The van der Waals surface area contributed by atoms with E-state index in [-0.39, 0.29) is 53.5 Å². The monoisotopic (exact) mass is 521 g/mol. The summed E-state index contributed by atoms with van der Waals surface area (Å²) in [5.74, 6) is -1.08. The molecule has 1 atom stereocenters. The maximum Gasteiger partial charge on any atom is 0.312 e. The average Bonchev–Trinajstić information content (AvgIpc) is 3.38. The molecule has 0 amide bonds. The van der Waals surface area contributed by atoms with Gasteiger partial charge in [-0.25, -0.2) is 22.8 Å². The molecule has 1 saturated heterocycles. The summed E-state index contributed by atoms with van der Waals surface area (Å²) in [7, 11) is -2.39. The highest BCUT2D eigenvalue weighted by Gasteiger charge is 2.38. The number of fused-ring (bicyclic) bond motifs is 3. The predicted octanol–water partition coefficient (Wildman–Crippen LogP) is 1.82. The molecule has 192 valence electrons. The molecule has 1 N–H and O–H groups in total. The van der Waals surface area contributed by atoms with Crippen LogP contribution in [0.1, 0.15) is 30.6 Å². The number of anilines is 1. The van der Waals surface area contributed by atoms with E-state index in [0.717, 1.165) is 22.0 Å². The van der Waals surface area contributed by atoms with Crippen LogP contribution in [0.2, 0.25) is 0 Å². The minimum Gasteiger partial charge on any atom is -0.494 e. The zero-order chi connectivity index (χ0) is 26.0. The third-order valence-corrected chi connectivity index (χ3v) is 8.21. The SMILES string of the molecule is COc1cc2nc(F)n3nc(C4CN(c5cnn(CC(C)(C)O)c5C)CCS4(=O)=O)nc3c2cc1F. The number of methoxy groups -OCH3 is 1. The number of sulfone groups is 1. The summed E-state index contributed by atoms with van der Waals surface area (Å²) in [4.78, 5) is 10.00. The van der Waals surface area contributed by atoms with E-state index >= 15 is 0 Å². The minimum atomic E-state index is -3.67. The van der Waals surface area contributed by atoms with Gasteiger partial charge in [-0.1, -0.05) is 0 Å². The standard InChI is InChI=1S/C22H25F2N7O4S/c1-12-16(9-25-30(12)11-22(2,3)32)29-5-6-36(33,34)18(10-29)19-27-20-13-7-14(23)17(35-4)8-15(13)26-21(24)31(20)28-19/h7-9,18,32H,5-6,10-11H2,1-4H3. The molecule has 0 radical (unpaired) electrons. The molecule has 1 unspecified atom stereocenters. The first-order valence-electron chi connectivity index (χ1n) is 11.2. The quantitative estimate of drug-likeness (QED) is 0.391. The Hall–Kier alpha value is -3.39. The smallest absolute Gasteiger partial charge is 0.312 e. The summed E-state index contributed by atoms with van der Waals surface area (Å²) in [5, 5.41) is 17.6. The van der Waals surface area contributed by atoms with E-state index in [9.17, 15) is 22.3 Å². The fraction of sp³-hybridized carbons (Fsp3) is 0.455. The Morgan fingerprint density at radius 1 is 1.25 bits per heavy atom. The molecule has 4 heterocycles. The number of ether oxygens (including phenoxy) is 1. The Bertz CT molecular complexity index is 1590. The maximum absolute atomic E-state index is 14.8. The average molecular weight is 522 g/mol. The van der Waals surface area contributed by atoms with Crippen LogP contribution in [0, 0.1) is 18.8 Å². The summed E-state index contributed by atoms with van der Waals surface area (Å²) in [6.07, 6.45) is 0.610. The minimum absolute atomic E-state index is 0.0173. The van der Waals surface area contributed by atoms with Gasteiger partial charge in [-0.3, -0.25) is 4.68 Å². The van der Waals surface area contributed by atoms with E-state index in [0.29, 0.717) is 0 Å². The molecule has 3 aromatic heterocycles. The van der Waals surface area contributed by atoms with Gasteiger partial charge in [-0.15, -0.1) is 5.10 Å². The Labute approximate surface area is 205 Å². The molecule has 1 aliphatic heterocycles. The summed E-state index contributed by atoms with van der Waals surface area (Å²) in [5.41, 5.74) is 0.557. The molecule has 4 aromatic rings.